The van der Waals surface area contributed by atoms with Crippen molar-refractivity contribution in [1.82, 2.24) is 0 Å². The lowest BCUT2D eigenvalue weighted by atomic mass is 10.1. The Morgan fingerprint density at radius 1 is 1.44 bits per heavy atom. The Balaban J connectivity index is 2.75. The highest BCUT2D eigenvalue weighted by Gasteiger charge is 2.13. The van der Waals surface area contributed by atoms with Crippen molar-refractivity contribution in [3.8, 4) is 5.75 Å². The number of carbonyl (C=O) groups excluding carboxylic acids is 1. The molecule has 0 radical (unpaired) electrons. The smallest absolute Gasteiger partial charge is 0.165 e. The maximum atomic E-state index is 11.6. The van der Waals surface area contributed by atoms with Gasteiger partial charge in [0.2, 0.25) is 0 Å². The van der Waals surface area contributed by atoms with Crippen molar-refractivity contribution >= 4 is 21.7 Å². The van der Waals surface area contributed by atoms with Crippen molar-refractivity contribution in [2.45, 2.75) is 19.4 Å². The van der Waals surface area contributed by atoms with Crippen molar-refractivity contribution in [1.29, 1.82) is 0 Å². The van der Waals surface area contributed by atoms with Gasteiger partial charge < -0.3 is 9.47 Å². The van der Waals surface area contributed by atoms with Crippen LogP contribution in [0.3, 0.4) is 0 Å². The monoisotopic (exact) mass is 286 g/mol. The van der Waals surface area contributed by atoms with Gasteiger partial charge in [-0.1, -0.05) is 6.07 Å². The van der Waals surface area contributed by atoms with Crippen molar-refractivity contribution in [2.75, 3.05) is 14.2 Å². The third kappa shape index (κ3) is 3.32. The second kappa shape index (κ2) is 6.01. The number of carbonyl (C=O) groups is 1. The summed E-state index contributed by atoms with van der Waals surface area (Å²) in [6.45, 7) is 1.75. The second-order valence-electron chi connectivity index (χ2n) is 3.49. The molecule has 0 saturated carbocycles. The number of Topliss-reactive ketones (excluding diaryl/α,β-unsaturated/α-hetero) is 1. The molecule has 16 heavy (non-hydrogen) atoms. The molecule has 0 fully saturated rings. The molecule has 0 heterocycles. The summed E-state index contributed by atoms with van der Waals surface area (Å²) >= 11 is 3.38. The predicted molar refractivity (Wildman–Crippen MR) is 65.9 cm³/mol. The van der Waals surface area contributed by atoms with Crippen LogP contribution >= 0.6 is 15.9 Å². The third-order valence-corrected chi connectivity index (χ3v) is 3.02. The number of rotatable bonds is 5. The minimum absolute atomic E-state index is 0.0690. The molecule has 1 aromatic rings. The van der Waals surface area contributed by atoms with Crippen LogP contribution in [0.5, 0.6) is 5.75 Å². The van der Waals surface area contributed by atoms with Crippen LogP contribution in [0.25, 0.3) is 0 Å². The lowest BCUT2D eigenvalue weighted by Gasteiger charge is -2.09. The van der Waals surface area contributed by atoms with E-state index in [1.54, 1.807) is 14.0 Å². The number of hydrogen-bond acceptors (Lipinski definition) is 3. The third-order valence-electron chi connectivity index (χ3n) is 2.40. The molecule has 0 aromatic heterocycles. The largest absolute Gasteiger partial charge is 0.496 e. The number of hydrogen-bond donors (Lipinski definition) is 0. The number of benzene rings is 1. The summed E-state index contributed by atoms with van der Waals surface area (Å²) in [6.07, 6.45) is 0.0123. The van der Waals surface area contributed by atoms with Crippen LogP contribution in [0.1, 0.15) is 12.5 Å². The van der Waals surface area contributed by atoms with Gasteiger partial charge in [-0.05, 0) is 40.5 Å². The molecule has 1 aromatic carbocycles. The Morgan fingerprint density at radius 3 is 2.62 bits per heavy atom. The molecule has 0 amide bonds. The summed E-state index contributed by atoms with van der Waals surface area (Å²) in [7, 11) is 3.14. The standard InChI is InChI=1S/C12H15BrO3/c1-8(15-2)11(14)7-9-4-5-12(16-3)10(13)6-9/h4-6,8H,7H2,1-3H3. The van der Waals surface area contributed by atoms with Gasteiger partial charge in [0, 0.05) is 13.5 Å². The van der Waals surface area contributed by atoms with E-state index in [-0.39, 0.29) is 11.9 Å². The van der Waals surface area contributed by atoms with Crippen molar-refractivity contribution < 1.29 is 14.3 Å². The van der Waals surface area contributed by atoms with Crippen LogP contribution in [0, 0.1) is 0 Å². The maximum Gasteiger partial charge on any atom is 0.165 e. The van der Waals surface area contributed by atoms with Crippen LogP contribution < -0.4 is 4.74 Å². The molecule has 1 atom stereocenters. The Morgan fingerprint density at radius 2 is 2.12 bits per heavy atom. The number of ether oxygens (including phenoxy) is 2. The van der Waals surface area contributed by atoms with E-state index >= 15 is 0 Å². The van der Waals surface area contributed by atoms with Crippen molar-refractivity contribution in [3.63, 3.8) is 0 Å². The zero-order valence-corrected chi connectivity index (χ0v) is 11.2. The van der Waals surface area contributed by atoms with Crippen LogP contribution in [0.4, 0.5) is 0 Å². The van der Waals surface area contributed by atoms with Crippen LogP contribution in [-0.4, -0.2) is 26.1 Å². The van der Waals surface area contributed by atoms with Gasteiger partial charge in [-0.3, -0.25) is 4.79 Å². The molecule has 4 heteroatoms. The molecular formula is C12H15BrO3. The maximum absolute atomic E-state index is 11.6. The fraction of sp³-hybridized carbons (Fsp3) is 0.417. The molecule has 3 nitrogen and oxygen atoms in total. The first kappa shape index (κ1) is 13.2. The van der Waals surface area contributed by atoms with Gasteiger partial charge in [0.1, 0.15) is 11.9 Å². The van der Waals surface area contributed by atoms with E-state index < -0.39 is 0 Å². The van der Waals surface area contributed by atoms with Crippen LogP contribution in [0.2, 0.25) is 0 Å². The highest BCUT2D eigenvalue weighted by Crippen LogP contribution is 2.25. The summed E-state index contributed by atoms with van der Waals surface area (Å²) in [5.74, 6) is 0.829. The highest BCUT2D eigenvalue weighted by atomic mass is 79.9. The molecule has 0 aliphatic heterocycles. The minimum Gasteiger partial charge on any atom is -0.496 e. The van der Waals surface area contributed by atoms with E-state index in [0.29, 0.717) is 6.42 Å². The fourth-order valence-corrected chi connectivity index (χ4v) is 1.88. The second-order valence-corrected chi connectivity index (χ2v) is 4.34. The van der Waals surface area contributed by atoms with Gasteiger partial charge in [0.15, 0.2) is 5.78 Å². The van der Waals surface area contributed by atoms with Gasteiger partial charge in [-0.2, -0.15) is 0 Å². The molecule has 1 unspecified atom stereocenters. The molecule has 0 N–H and O–H groups in total. The average molecular weight is 287 g/mol. The Kier molecular flexibility index (Phi) is 4.96. The van der Waals surface area contributed by atoms with E-state index in [1.807, 2.05) is 18.2 Å². The zero-order chi connectivity index (χ0) is 12.1. The summed E-state index contributed by atoms with van der Waals surface area (Å²) in [5, 5.41) is 0. The number of methoxy groups -OCH3 is 2. The Hall–Kier alpha value is -0.870. The lowest BCUT2D eigenvalue weighted by molar-refractivity contribution is -0.127. The van der Waals surface area contributed by atoms with E-state index in [4.69, 9.17) is 9.47 Å². The predicted octanol–water partition coefficient (Wildman–Crippen LogP) is 2.60. The molecule has 1 rings (SSSR count). The van der Waals surface area contributed by atoms with Crippen LogP contribution in [-0.2, 0) is 16.0 Å². The van der Waals surface area contributed by atoms with E-state index in [1.165, 1.54) is 7.11 Å². The van der Waals surface area contributed by atoms with Gasteiger partial charge in [0.25, 0.3) is 0 Å². The first-order chi connectivity index (χ1) is 7.58. The zero-order valence-electron chi connectivity index (χ0n) is 9.62. The van der Waals surface area contributed by atoms with E-state index in [9.17, 15) is 4.79 Å². The first-order valence-electron chi connectivity index (χ1n) is 4.96. The van der Waals surface area contributed by atoms with Gasteiger partial charge >= 0.3 is 0 Å². The average Bonchev–Trinajstić information content (AvgIpc) is 2.28. The quantitative estimate of drug-likeness (QED) is 0.835. The molecule has 0 aliphatic carbocycles. The topological polar surface area (TPSA) is 35.5 Å². The summed E-state index contributed by atoms with van der Waals surface area (Å²) in [5.41, 5.74) is 0.946. The number of ketones is 1. The molecule has 88 valence electrons. The summed E-state index contributed by atoms with van der Waals surface area (Å²) in [4.78, 5) is 11.6. The lowest BCUT2D eigenvalue weighted by Crippen LogP contribution is -2.20. The van der Waals surface area contributed by atoms with Gasteiger partial charge in [-0.15, -0.1) is 0 Å². The SMILES string of the molecule is COc1ccc(CC(=O)C(C)OC)cc1Br. The van der Waals surface area contributed by atoms with Crippen LogP contribution in [0.15, 0.2) is 22.7 Å². The van der Waals surface area contributed by atoms with E-state index in [2.05, 4.69) is 15.9 Å². The normalized spacial score (nSPS) is 12.2. The molecule has 0 aliphatic rings. The van der Waals surface area contributed by atoms with Gasteiger partial charge in [0.05, 0.1) is 11.6 Å². The summed E-state index contributed by atoms with van der Waals surface area (Å²) < 4.78 is 10.9. The Labute approximate surface area is 104 Å². The first-order valence-corrected chi connectivity index (χ1v) is 5.75. The Bertz CT molecular complexity index is 377. The summed E-state index contributed by atoms with van der Waals surface area (Å²) in [6, 6.07) is 5.60. The van der Waals surface area contributed by atoms with Crippen molar-refractivity contribution in [3.05, 3.63) is 28.2 Å². The van der Waals surface area contributed by atoms with Gasteiger partial charge in [-0.25, -0.2) is 0 Å². The molecular weight excluding hydrogens is 272 g/mol. The van der Waals surface area contributed by atoms with E-state index in [0.717, 1.165) is 15.8 Å². The van der Waals surface area contributed by atoms with Crippen molar-refractivity contribution in [2.24, 2.45) is 0 Å². The fourth-order valence-electron chi connectivity index (χ4n) is 1.30. The highest BCUT2D eigenvalue weighted by molar-refractivity contribution is 9.10. The number of halogens is 1. The minimum atomic E-state index is -0.360. The molecule has 0 spiro atoms. The molecule has 0 bridgehead atoms. The molecule has 0 saturated heterocycles.